The van der Waals surface area contributed by atoms with Crippen LogP contribution in [0.3, 0.4) is 0 Å². The monoisotopic (exact) mass is 564 g/mol. The summed E-state index contributed by atoms with van der Waals surface area (Å²) in [4.78, 5) is 21.9. The Hall–Kier alpha value is -2.73. The van der Waals surface area contributed by atoms with Crippen LogP contribution in [0.4, 0.5) is 5.69 Å². The first-order chi connectivity index (χ1) is 17.0. The van der Waals surface area contributed by atoms with Gasteiger partial charge in [-0.3, -0.25) is 0 Å². The van der Waals surface area contributed by atoms with E-state index in [9.17, 15) is 13.2 Å². The molecule has 12 heteroatoms. The summed E-state index contributed by atoms with van der Waals surface area (Å²) in [6.07, 6.45) is 2.92. The second kappa shape index (κ2) is 12.0. The lowest BCUT2D eigenvalue weighted by atomic mass is 10.0. The SMILES string of the molecule is CSCOC(=O)/C(N)=C(\Cl)C(=Nc1ccccc1C(C)C)c1nc(-c2cccc(S(C)(=O)=O)c2)ns1. The van der Waals surface area contributed by atoms with Crippen molar-refractivity contribution in [1.82, 2.24) is 9.36 Å². The van der Waals surface area contributed by atoms with Gasteiger partial charge in [-0.1, -0.05) is 55.8 Å². The maximum atomic E-state index is 12.4. The van der Waals surface area contributed by atoms with E-state index in [1.807, 2.05) is 38.1 Å². The van der Waals surface area contributed by atoms with E-state index in [1.165, 1.54) is 23.9 Å². The van der Waals surface area contributed by atoms with Crippen molar-refractivity contribution < 1.29 is 17.9 Å². The maximum Gasteiger partial charge on any atom is 0.356 e. The molecule has 0 saturated heterocycles. The van der Waals surface area contributed by atoms with Crippen molar-refractivity contribution in [2.45, 2.75) is 24.7 Å². The van der Waals surface area contributed by atoms with Crippen LogP contribution < -0.4 is 5.73 Å². The van der Waals surface area contributed by atoms with E-state index in [0.29, 0.717) is 22.1 Å². The van der Waals surface area contributed by atoms with Gasteiger partial charge < -0.3 is 10.5 Å². The molecular weight excluding hydrogens is 540 g/mol. The lowest BCUT2D eigenvalue weighted by Crippen LogP contribution is -2.19. The van der Waals surface area contributed by atoms with Gasteiger partial charge in [0.1, 0.15) is 17.3 Å². The predicted molar refractivity (Wildman–Crippen MR) is 147 cm³/mol. The summed E-state index contributed by atoms with van der Waals surface area (Å²) in [6, 6.07) is 13.9. The molecule has 0 saturated carbocycles. The number of hydrogen-bond donors (Lipinski definition) is 1. The average Bonchev–Trinajstić information content (AvgIpc) is 3.34. The van der Waals surface area contributed by atoms with Crippen molar-refractivity contribution in [2.24, 2.45) is 10.7 Å². The van der Waals surface area contributed by atoms with E-state index in [4.69, 9.17) is 27.1 Å². The summed E-state index contributed by atoms with van der Waals surface area (Å²) in [5.41, 5.74) is 8.02. The van der Waals surface area contributed by atoms with Gasteiger partial charge in [0.05, 0.1) is 15.6 Å². The van der Waals surface area contributed by atoms with Gasteiger partial charge >= 0.3 is 5.97 Å². The van der Waals surface area contributed by atoms with Crippen LogP contribution >= 0.6 is 34.9 Å². The quantitative estimate of drug-likeness (QED) is 0.164. The lowest BCUT2D eigenvalue weighted by Gasteiger charge is -2.11. The number of aromatic nitrogens is 2. The number of benzene rings is 2. The highest BCUT2D eigenvalue weighted by Gasteiger charge is 2.23. The second-order valence-corrected chi connectivity index (χ2v) is 11.9. The Morgan fingerprint density at radius 2 is 1.94 bits per heavy atom. The Morgan fingerprint density at radius 1 is 1.22 bits per heavy atom. The van der Waals surface area contributed by atoms with Crippen LogP contribution in [-0.4, -0.2) is 47.9 Å². The Labute approximate surface area is 223 Å². The molecule has 3 rings (SSSR count). The molecule has 0 amide bonds. The van der Waals surface area contributed by atoms with Crippen LogP contribution in [0.2, 0.25) is 0 Å². The highest BCUT2D eigenvalue weighted by Crippen LogP contribution is 2.30. The molecule has 0 fully saturated rings. The van der Waals surface area contributed by atoms with Crippen LogP contribution in [0.5, 0.6) is 0 Å². The zero-order chi connectivity index (χ0) is 26.5. The smallest absolute Gasteiger partial charge is 0.356 e. The molecule has 190 valence electrons. The molecule has 0 atom stereocenters. The average molecular weight is 565 g/mol. The third-order valence-corrected chi connectivity index (χ3v) is 7.48. The molecule has 1 heterocycles. The molecule has 0 radical (unpaired) electrons. The highest BCUT2D eigenvalue weighted by atomic mass is 35.5. The van der Waals surface area contributed by atoms with E-state index in [1.54, 1.807) is 18.4 Å². The highest BCUT2D eigenvalue weighted by molar-refractivity contribution is 7.98. The number of ether oxygens (including phenoxy) is 1. The van der Waals surface area contributed by atoms with Crippen molar-refractivity contribution in [3.8, 4) is 11.4 Å². The molecule has 1 aromatic heterocycles. The number of nitrogens with zero attached hydrogens (tertiary/aromatic N) is 3. The van der Waals surface area contributed by atoms with Gasteiger partial charge in [0.2, 0.25) is 0 Å². The third kappa shape index (κ3) is 6.73. The minimum Gasteiger partial charge on any atom is -0.450 e. The fraction of sp³-hybridized carbons (Fsp3) is 0.250. The number of allylic oxidation sites excluding steroid dienone is 1. The van der Waals surface area contributed by atoms with Gasteiger partial charge in [0, 0.05) is 11.8 Å². The second-order valence-electron chi connectivity index (χ2n) is 7.96. The molecule has 0 aliphatic rings. The van der Waals surface area contributed by atoms with E-state index in [0.717, 1.165) is 23.4 Å². The number of carbonyl (C=O) groups is 1. The van der Waals surface area contributed by atoms with Gasteiger partial charge in [-0.2, -0.15) is 4.37 Å². The predicted octanol–water partition coefficient (Wildman–Crippen LogP) is 5.13. The first-order valence-electron chi connectivity index (χ1n) is 10.7. The van der Waals surface area contributed by atoms with E-state index in [-0.39, 0.29) is 33.2 Å². The number of carbonyl (C=O) groups excluding carboxylic acids is 1. The molecule has 8 nitrogen and oxygen atoms in total. The topological polar surface area (TPSA) is 125 Å². The largest absolute Gasteiger partial charge is 0.450 e. The standard InChI is InChI=1S/C24H25ClN4O4S3/c1-14(2)17-10-5-6-11-18(17)27-21(19(25)20(26)24(30)33-13-34-3)23-28-22(29-35-23)15-8-7-9-16(12-15)36(4,31)32/h5-12,14H,13,26H2,1-4H3/b20-19+,27-21?. The molecule has 0 bridgehead atoms. The first-order valence-corrected chi connectivity index (χ1v) is 15.1. The van der Waals surface area contributed by atoms with Crippen LogP contribution in [0.15, 0.2) is 69.1 Å². The molecular formula is C24H25ClN4O4S3. The lowest BCUT2D eigenvalue weighted by molar-refractivity contribution is -0.136. The van der Waals surface area contributed by atoms with Crippen LogP contribution in [0, 0.1) is 0 Å². The fourth-order valence-corrected chi connectivity index (χ4v) is 4.94. The molecule has 36 heavy (non-hydrogen) atoms. The zero-order valence-electron chi connectivity index (χ0n) is 20.1. The number of para-hydroxylation sites is 1. The van der Waals surface area contributed by atoms with E-state index < -0.39 is 15.8 Å². The Morgan fingerprint density at radius 3 is 2.61 bits per heavy atom. The fourth-order valence-electron chi connectivity index (χ4n) is 3.10. The van der Waals surface area contributed by atoms with Gasteiger partial charge in [-0.25, -0.2) is 23.2 Å². The minimum absolute atomic E-state index is 0.117. The van der Waals surface area contributed by atoms with Gasteiger partial charge in [-0.15, -0.1) is 11.8 Å². The van der Waals surface area contributed by atoms with E-state index in [2.05, 4.69) is 9.36 Å². The molecule has 0 spiro atoms. The Bertz CT molecular complexity index is 1430. The van der Waals surface area contributed by atoms with Gasteiger partial charge in [0.15, 0.2) is 20.7 Å². The Balaban J connectivity index is 2.16. The molecule has 0 aliphatic heterocycles. The van der Waals surface area contributed by atoms with Crippen LogP contribution in [0.1, 0.15) is 30.3 Å². The normalized spacial score (nSPS) is 13.0. The number of sulfone groups is 1. The molecule has 2 N–H and O–H groups in total. The number of halogens is 1. The number of rotatable bonds is 9. The minimum atomic E-state index is -3.41. The summed E-state index contributed by atoms with van der Waals surface area (Å²) in [6.45, 7) is 4.08. The van der Waals surface area contributed by atoms with Crippen molar-refractivity contribution in [3.05, 3.63) is 69.8 Å². The van der Waals surface area contributed by atoms with Crippen molar-refractivity contribution in [3.63, 3.8) is 0 Å². The summed E-state index contributed by atoms with van der Waals surface area (Å²) in [5.74, 6) is -0.198. The van der Waals surface area contributed by atoms with Crippen LogP contribution in [-0.2, 0) is 19.4 Å². The number of esters is 1. The van der Waals surface area contributed by atoms with Crippen molar-refractivity contribution >= 4 is 62.1 Å². The summed E-state index contributed by atoms with van der Waals surface area (Å²) < 4.78 is 33.4. The summed E-state index contributed by atoms with van der Waals surface area (Å²) in [7, 11) is -3.41. The number of nitrogens with two attached hydrogens (primary N) is 1. The zero-order valence-corrected chi connectivity index (χ0v) is 23.3. The van der Waals surface area contributed by atoms with Crippen LogP contribution in [0.25, 0.3) is 11.4 Å². The molecule has 2 aromatic carbocycles. The number of hydrogen-bond acceptors (Lipinski definition) is 10. The van der Waals surface area contributed by atoms with Crippen molar-refractivity contribution in [2.75, 3.05) is 18.5 Å². The van der Waals surface area contributed by atoms with Gasteiger partial charge in [-0.05, 0) is 47.5 Å². The number of thioether (sulfide) groups is 1. The first kappa shape index (κ1) is 27.9. The van der Waals surface area contributed by atoms with Gasteiger partial charge in [0.25, 0.3) is 0 Å². The Kier molecular flexibility index (Phi) is 9.29. The third-order valence-electron chi connectivity index (χ3n) is 4.91. The summed E-state index contributed by atoms with van der Waals surface area (Å²) in [5, 5.41) is 0.186. The molecule has 3 aromatic rings. The maximum absolute atomic E-state index is 12.4. The summed E-state index contributed by atoms with van der Waals surface area (Å²) >= 11 is 8.92. The molecule has 0 unspecified atom stereocenters. The van der Waals surface area contributed by atoms with Crippen molar-refractivity contribution in [1.29, 1.82) is 0 Å². The van der Waals surface area contributed by atoms with E-state index >= 15 is 0 Å². The number of aliphatic imine (C=N–C) groups is 1. The molecule has 0 aliphatic carbocycles.